The Kier molecular flexibility index (Phi) is 7.31. The topological polar surface area (TPSA) is 76.2 Å². The van der Waals surface area contributed by atoms with Crippen LogP contribution in [0.3, 0.4) is 0 Å². The summed E-state index contributed by atoms with van der Waals surface area (Å²) in [4.78, 5) is 14.7. The number of hydrogen-bond acceptors (Lipinski definition) is 5. The van der Waals surface area contributed by atoms with Crippen LogP contribution < -0.4 is 4.74 Å². The van der Waals surface area contributed by atoms with E-state index in [1.807, 2.05) is 6.92 Å². The van der Waals surface area contributed by atoms with Gasteiger partial charge in [0.25, 0.3) is 0 Å². The van der Waals surface area contributed by atoms with Crippen molar-refractivity contribution >= 4 is 15.9 Å². The first-order valence-corrected chi connectivity index (χ1v) is 11.6. The van der Waals surface area contributed by atoms with Gasteiger partial charge in [0.2, 0.25) is 15.9 Å². The second-order valence-corrected chi connectivity index (χ2v) is 9.13. The molecule has 1 aromatic rings. The number of morpholine rings is 1. The highest BCUT2D eigenvalue weighted by Crippen LogP contribution is 2.28. The Labute approximate surface area is 167 Å². The number of amides is 1. The lowest BCUT2D eigenvalue weighted by molar-refractivity contribution is -0.135. The summed E-state index contributed by atoms with van der Waals surface area (Å²) in [6, 6.07) is 6.33. The standard InChI is InChI=1S/C20H30N2O5S/c1-2-27-18-8-10-19(11-9-18)28(24,25)22(17-6-4-3-5-7-17)16-20(23)21-12-14-26-15-13-21/h8-11,17H,2-7,12-16H2,1H3. The summed E-state index contributed by atoms with van der Waals surface area (Å²) in [6.45, 7) is 4.32. The molecule has 8 heteroatoms. The molecule has 0 N–H and O–H groups in total. The molecule has 1 amide bonds. The number of carbonyl (C=O) groups excluding carboxylic acids is 1. The van der Waals surface area contributed by atoms with Crippen LogP contribution in [0.2, 0.25) is 0 Å². The lowest BCUT2D eigenvalue weighted by atomic mass is 9.95. The highest BCUT2D eigenvalue weighted by Gasteiger charge is 2.35. The van der Waals surface area contributed by atoms with E-state index in [4.69, 9.17) is 9.47 Å². The van der Waals surface area contributed by atoms with Gasteiger partial charge >= 0.3 is 0 Å². The van der Waals surface area contributed by atoms with Crippen LogP contribution in [0.1, 0.15) is 39.0 Å². The van der Waals surface area contributed by atoms with Gasteiger partial charge in [-0.25, -0.2) is 8.42 Å². The third-order valence-corrected chi connectivity index (χ3v) is 7.29. The number of hydrogen-bond donors (Lipinski definition) is 0. The summed E-state index contributed by atoms with van der Waals surface area (Å²) < 4.78 is 39.0. The minimum absolute atomic E-state index is 0.111. The van der Waals surface area contributed by atoms with E-state index in [2.05, 4.69) is 0 Å². The Morgan fingerprint density at radius 1 is 1.14 bits per heavy atom. The summed E-state index contributed by atoms with van der Waals surface area (Å²) in [5.74, 6) is 0.485. The van der Waals surface area contributed by atoms with Crippen LogP contribution in [-0.2, 0) is 19.6 Å². The predicted molar refractivity (Wildman–Crippen MR) is 106 cm³/mol. The van der Waals surface area contributed by atoms with Gasteiger partial charge in [-0.15, -0.1) is 0 Å². The molecule has 0 radical (unpaired) electrons. The minimum Gasteiger partial charge on any atom is -0.494 e. The van der Waals surface area contributed by atoms with Gasteiger partial charge in [-0.1, -0.05) is 19.3 Å². The summed E-state index contributed by atoms with van der Waals surface area (Å²) >= 11 is 0. The third-order valence-electron chi connectivity index (χ3n) is 5.38. The maximum absolute atomic E-state index is 13.4. The average molecular weight is 411 g/mol. The van der Waals surface area contributed by atoms with Gasteiger partial charge in [0, 0.05) is 19.1 Å². The van der Waals surface area contributed by atoms with Crippen molar-refractivity contribution in [1.29, 1.82) is 0 Å². The molecule has 1 heterocycles. The summed E-state index contributed by atoms with van der Waals surface area (Å²) in [6.07, 6.45) is 4.70. The quantitative estimate of drug-likeness (QED) is 0.689. The van der Waals surface area contributed by atoms with Crippen molar-refractivity contribution in [2.45, 2.75) is 50.0 Å². The van der Waals surface area contributed by atoms with Crippen molar-refractivity contribution < 1.29 is 22.7 Å². The predicted octanol–water partition coefficient (Wildman–Crippen LogP) is 2.27. The lowest BCUT2D eigenvalue weighted by Gasteiger charge is -2.35. The second kappa shape index (κ2) is 9.71. The van der Waals surface area contributed by atoms with E-state index in [0.29, 0.717) is 38.7 Å². The summed E-state index contributed by atoms with van der Waals surface area (Å²) in [5.41, 5.74) is 0. The SMILES string of the molecule is CCOc1ccc(S(=O)(=O)N(CC(=O)N2CCOCC2)C2CCCCC2)cc1. The molecule has 28 heavy (non-hydrogen) atoms. The molecule has 7 nitrogen and oxygen atoms in total. The molecule has 0 spiro atoms. The van der Waals surface area contributed by atoms with E-state index in [1.165, 1.54) is 4.31 Å². The Bertz CT molecular complexity index is 738. The third kappa shape index (κ3) is 5.04. The number of benzene rings is 1. The van der Waals surface area contributed by atoms with Crippen molar-refractivity contribution in [3.63, 3.8) is 0 Å². The van der Waals surface area contributed by atoms with Crippen LogP contribution in [0, 0.1) is 0 Å². The van der Waals surface area contributed by atoms with Gasteiger partial charge in [-0.2, -0.15) is 4.31 Å². The number of rotatable bonds is 7. The molecule has 0 bridgehead atoms. The number of carbonyl (C=O) groups is 1. The van der Waals surface area contributed by atoms with E-state index in [0.717, 1.165) is 32.1 Å². The van der Waals surface area contributed by atoms with Crippen molar-refractivity contribution in [3.05, 3.63) is 24.3 Å². The Morgan fingerprint density at radius 3 is 2.39 bits per heavy atom. The summed E-state index contributed by atoms with van der Waals surface area (Å²) in [5, 5.41) is 0. The molecule has 2 fully saturated rings. The van der Waals surface area contributed by atoms with E-state index in [9.17, 15) is 13.2 Å². The molecule has 3 rings (SSSR count). The molecule has 2 aliphatic rings. The lowest BCUT2D eigenvalue weighted by Crippen LogP contribution is -2.50. The highest BCUT2D eigenvalue weighted by molar-refractivity contribution is 7.89. The van der Waals surface area contributed by atoms with Gasteiger partial charge < -0.3 is 14.4 Å². The zero-order valence-electron chi connectivity index (χ0n) is 16.5. The fourth-order valence-corrected chi connectivity index (χ4v) is 5.47. The van der Waals surface area contributed by atoms with Gasteiger partial charge in [0.15, 0.2) is 0 Å². The molecule has 0 unspecified atom stereocenters. The minimum atomic E-state index is -3.77. The number of ether oxygens (including phenoxy) is 2. The zero-order chi connectivity index (χ0) is 20.0. The van der Waals surface area contributed by atoms with E-state index in [1.54, 1.807) is 29.2 Å². The maximum Gasteiger partial charge on any atom is 0.243 e. The van der Waals surface area contributed by atoms with Crippen molar-refractivity contribution in [2.24, 2.45) is 0 Å². The molecule has 0 aromatic heterocycles. The van der Waals surface area contributed by atoms with Gasteiger partial charge in [-0.3, -0.25) is 4.79 Å². The maximum atomic E-state index is 13.4. The van der Waals surface area contributed by atoms with E-state index < -0.39 is 10.0 Å². The molecular formula is C20H30N2O5S. The van der Waals surface area contributed by atoms with E-state index >= 15 is 0 Å². The average Bonchev–Trinajstić information content (AvgIpc) is 2.73. The first kappa shape index (κ1) is 21.1. The Hall–Kier alpha value is -1.64. The van der Waals surface area contributed by atoms with Crippen LogP contribution in [-0.4, -0.2) is 69.0 Å². The van der Waals surface area contributed by atoms with E-state index in [-0.39, 0.29) is 23.4 Å². The van der Waals surface area contributed by atoms with Gasteiger partial charge in [-0.05, 0) is 44.0 Å². The number of sulfonamides is 1. The zero-order valence-corrected chi connectivity index (χ0v) is 17.3. The van der Waals surface area contributed by atoms with Crippen LogP contribution in [0.4, 0.5) is 0 Å². The fourth-order valence-electron chi connectivity index (χ4n) is 3.84. The summed E-state index contributed by atoms with van der Waals surface area (Å²) in [7, 11) is -3.77. The Balaban J connectivity index is 1.82. The van der Waals surface area contributed by atoms with Crippen LogP contribution >= 0.6 is 0 Å². The molecule has 0 atom stereocenters. The Morgan fingerprint density at radius 2 is 1.79 bits per heavy atom. The fraction of sp³-hybridized carbons (Fsp3) is 0.650. The largest absolute Gasteiger partial charge is 0.494 e. The van der Waals surface area contributed by atoms with Gasteiger partial charge in [0.1, 0.15) is 5.75 Å². The highest BCUT2D eigenvalue weighted by atomic mass is 32.2. The molecule has 1 saturated heterocycles. The molecule has 1 saturated carbocycles. The smallest absolute Gasteiger partial charge is 0.243 e. The second-order valence-electron chi connectivity index (χ2n) is 7.24. The normalized spacial score (nSPS) is 19.0. The van der Waals surface area contributed by atoms with Crippen LogP contribution in [0.5, 0.6) is 5.75 Å². The van der Waals surface area contributed by atoms with Crippen molar-refractivity contribution in [1.82, 2.24) is 9.21 Å². The molecule has 156 valence electrons. The number of nitrogens with zero attached hydrogens (tertiary/aromatic N) is 2. The first-order valence-electron chi connectivity index (χ1n) is 10.1. The molecule has 1 aliphatic carbocycles. The molecular weight excluding hydrogens is 380 g/mol. The van der Waals surface area contributed by atoms with Crippen molar-refractivity contribution in [3.8, 4) is 5.75 Å². The van der Waals surface area contributed by atoms with Crippen molar-refractivity contribution in [2.75, 3.05) is 39.5 Å². The molecule has 1 aliphatic heterocycles. The molecule has 1 aromatic carbocycles. The monoisotopic (exact) mass is 410 g/mol. The van der Waals surface area contributed by atoms with Crippen LogP contribution in [0.25, 0.3) is 0 Å². The van der Waals surface area contributed by atoms with Gasteiger partial charge in [0.05, 0.1) is 31.3 Å². The first-order chi connectivity index (χ1) is 13.5. The van der Waals surface area contributed by atoms with Crippen LogP contribution in [0.15, 0.2) is 29.2 Å².